The summed E-state index contributed by atoms with van der Waals surface area (Å²) >= 11 is 0. The van der Waals surface area contributed by atoms with Crippen LogP contribution in [0, 0.1) is 0 Å². The van der Waals surface area contributed by atoms with Crippen molar-refractivity contribution in [1.29, 1.82) is 0 Å². The van der Waals surface area contributed by atoms with Crippen molar-refractivity contribution < 1.29 is 23.1 Å². The van der Waals surface area contributed by atoms with E-state index in [9.17, 15) is 13.2 Å². The van der Waals surface area contributed by atoms with E-state index in [1.54, 1.807) is 6.08 Å². The molecule has 0 aliphatic carbocycles. The summed E-state index contributed by atoms with van der Waals surface area (Å²) in [6.07, 6.45) is 1.57. The predicted molar refractivity (Wildman–Crippen MR) is 79.2 cm³/mol. The topological polar surface area (TPSA) is 105 Å². The van der Waals surface area contributed by atoms with E-state index in [1.807, 2.05) is 0 Å². The van der Waals surface area contributed by atoms with Crippen molar-refractivity contribution >= 4 is 21.7 Å². The van der Waals surface area contributed by atoms with Crippen LogP contribution >= 0.6 is 0 Å². The van der Waals surface area contributed by atoms with E-state index in [2.05, 4.69) is 16.6 Å². The van der Waals surface area contributed by atoms with Gasteiger partial charge in [-0.25, -0.2) is 17.9 Å². The van der Waals surface area contributed by atoms with E-state index < -0.39 is 16.0 Å². The second-order valence-electron chi connectivity index (χ2n) is 4.07. The highest BCUT2D eigenvalue weighted by Crippen LogP contribution is 2.20. The lowest BCUT2D eigenvalue weighted by Crippen LogP contribution is -2.27. The molecule has 0 unspecified atom stereocenters. The number of nitrogens with one attached hydrogen (secondary N) is 2. The summed E-state index contributed by atoms with van der Waals surface area (Å²) in [5, 5.41) is 12.0. The number of sulfonamides is 1. The zero-order valence-corrected chi connectivity index (χ0v) is 12.4. The van der Waals surface area contributed by atoms with Gasteiger partial charge in [0, 0.05) is 25.9 Å². The molecule has 1 aromatic rings. The molecule has 116 valence electrons. The number of methoxy groups -OCH3 is 1. The SMILES string of the molecule is C=CCNc1ccc(S(=O)(=O)NCCOC)cc1C(=O)O. The van der Waals surface area contributed by atoms with Gasteiger partial charge in [0.25, 0.3) is 0 Å². The van der Waals surface area contributed by atoms with Gasteiger partial charge in [-0.3, -0.25) is 0 Å². The molecular formula is C13H18N2O5S. The molecule has 0 aromatic heterocycles. The Balaban J connectivity index is 3.07. The van der Waals surface area contributed by atoms with Gasteiger partial charge in [0.05, 0.1) is 17.1 Å². The largest absolute Gasteiger partial charge is 0.478 e. The van der Waals surface area contributed by atoms with Crippen molar-refractivity contribution in [2.45, 2.75) is 4.90 Å². The van der Waals surface area contributed by atoms with Crippen LogP contribution in [0.3, 0.4) is 0 Å². The third-order valence-electron chi connectivity index (χ3n) is 2.57. The Hall–Kier alpha value is -1.90. The number of hydrogen-bond donors (Lipinski definition) is 3. The van der Waals surface area contributed by atoms with Crippen molar-refractivity contribution in [3.05, 3.63) is 36.4 Å². The number of ether oxygens (including phenoxy) is 1. The highest BCUT2D eigenvalue weighted by atomic mass is 32.2. The molecule has 0 aliphatic rings. The number of rotatable bonds is 9. The van der Waals surface area contributed by atoms with Crippen LogP contribution in [0.5, 0.6) is 0 Å². The van der Waals surface area contributed by atoms with Crippen LogP contribution in [-0.2, 0) is 14.8 Å². The van der Waals surface area contributed by atoms with Crippen molar-refractivity contribution in [2.24, 2.45) is 0 Å². The van der Waals surface area contributed by atoms with Gasteiger partial charge in [0.2, 0.25) is 10.0 Å². The van der Waals surface area contributed by atoms with Crippen LogP contribution in [0.4, 0.5) is 5.69 Å². The fourth-order valence-electron chi connectivity index (χ4n) is 1.57. The summed E-state index contributed by atoms with van der Waals surface area (Å²) in [6.45, 7) is 4.23. The van der Waals surface area contributed by atoms with E-state index in [0.717, 1.165) is 6.07 Å². The lowest BCUT2D eigenvalue weighted by Gasteiger charge is -2.11. The number of carboxylic acids is 1. The number of carboxylic acid groups (broad SMARTS) is 1. The molecule has 0 radical (unpaired) electrons. The zero-order chi connectivity index (χ0) is 15.9. The monoisotopic (exact) mass is 314 g/mol. The Morgan fingerprint density at radius 3 is 2.76 bits per heavy atom. The van der Waals surface area contributed by atoms with Crippen LogP contribution < -0.4 is 10.0 Å². The van der Waals surface area contributed by atoms with Gasteiger partial charge in [-0.15, -0.1) is 6.58 Å². The van der Waals surface area contributed by atoms with Crippen molar-refractivity contribution in [2.75, 3.05) is 32.1 Å². The summed E-state index contributed by atoms with van der Waals surface area (Å²) in [5.74, 6) is -1.21. The maximum atomic E-state index is 12.0. The normalized spacial score (nSPS) is 11.1. The standard InChI is InChI=1S/C13H18N2O5S/c1-3-6-14-12-5-4-10(9-11(12)13(16)17)21(18,19)15-7-8-20-2/h3-5,9,14-15H,1,6-8H2,2H3,(H,16,17). The first-order chi connectivity index (χ1) is 9.92. The Morgan fingerprint density at radius 1 is 1.48 bits per heavy atom. The number of anilines is 1. The van der Waals surface area contributed by atoms with Crippen LogP contribution in [-0.4, -0.2) is 46.3 Å². The Bertz CT molecular complexity index is 613. The second kappa shape index (κ2) is 7.77. The van der Waals surface area contributed by atoms with Crippen LogP contribution in [0.1, 0.15) is 10.4 Å². The molecule has 3 N–H and O–H groups in total. The number of aromatic carboxylic acids is 1. The highest BCUT2D eigenvalue weighted by Gasteiger charge is 2.18. The smallest absolute Gasteiger partial charge is 0.337 e. The molecule has 7 nitrogen and oxygen atoms in total. The molecule has 8 heteroatoms. The summed E-state index contributed by atoms with van der Waals surface area (Å²) in [5.41, 5.74) is 0.213. The minimum atomic E-state index is -3.77. The average Bonchev–Trinajstić information content (AvgIpc) is 2.44. The van der Waals surface area contributed by atoms with E-state index in [1.165, 1.54) is 19.2 Å². The lowest BCUT2D eigenvalue weighted by atomic mass is 10.2. The molecular weight excluding hydrogens is 296 g/mol. The first-order valence-electron chi connectivity index (χ1n) is 6.13. The van der Waals surface area contributed by atoms with E-state index in [0.29, 0.717) is 12.2 Å². The fourth-order valence-corrected chi connectivity index (χ4v) is 2.60. The first-order valence-corrected chi connectivity index (χ1v) is 7.61. The van der Waals surface area contributed by atoms with Crippen molar-refractivity contribution in [1.82, 2.24) is 4.72 Å². The fraction of sp³-hybridized carbons (Fsp3) is 0.308. The van der Waals surface area contributed by atoms with Gasteiger partial charge in [0.15, 0.2) is 0 Å². The highest BCUT2D eigenvalue weighted by molar-refractivity contribution is 7.89. The Morgan fingerprint density at radius 2 is 2.19 bits per heavy atom. The molecule has 0 saturated heterocycles. The van der Waals surface area contributed by atoms with Gasteiger partial charge < -0.3 is 15.2 Å². The third kappa shape index (κ3) is 4.85. The molecule has 0 spiro atoms. The molecule has 1 rings (SSSR count). The molecule has 0 aliphatic heterocycles. The van der Waals surface area contributed by atoms with Gasteiger partial charge in [-0.1, -0.05) is 6.08 Å². The quantitative estimate of drug-likeness (QED) is 0.462. The van der Waals surface area contributed by atoms with Crippen LogP contribution in [0.25, 0.3) is 0 Å². The molecule has 1 aromatic carbocycles. The van der Waals surface area contributed by atoms with Crippen molar-refractivity contribution in [3.8, 4) is 0 Å². The van der Waals surface area contributed by atoms with E-state index >= 15 is 0 Å². The molecule has 0 heterocycles. The maximum Gasteiger partial charge on any atom is 0.337 e. The minimum absolute atomic E-state index is 0.109. The molecule has 0 saturated carbocycles. The Labute approximate surface area is 123 Å². The first kappa shape index (κ1) is 17.2. The molecule has 21 heavy (non-hydrogen) atoms. The van der Waals surface area contributed by atoms with Crippen LogP contribution in [0.15, 0.2) is 35.7 Å². The van der Waals surface area contributed by atoms with E-state index in [-0.39, 0.29) is 23.6 Å². The van der Waals surface area contributed by atoms with Gasteiger partial charge in [-0.2, -0.15) is 0 Å². The predicted octanol–water partition coefficient (Wildman–Crippen LogP) is 0.907. The number of benzene rings is 1. The summed E-state index contributed by atoms with van der Waals surface area (Å²) in [4.78, 5) is 11.1. The zero-order valence-electron chi connectivity index (χ0n) is 11.6. The van der Waals surface area contributed by atoms with E-state index in [4.69, 9.17) is 9.84 Å². The number of carbonyl (C=O) groups is 1. The summed E-state index contributed by atoms with van der Waals surface area (Å²) in [6, 6.07) is 3.87. The maximum absolute atomic E-state index is 12.0. The molecule has 0 bridgehead atoms. The Kier molecular flexibility index (Phi) is 6.35. The second-order valence-corrected chi connectivity index (χ2v) is 5.84. The van der Waals surface area contributed by atoms with Gasteiger partial charge >= 0.3 is 5.97 Å². The van der Waals surface area contributed by atoms with Crippen molar-refractivity contribution in [3.63, 3.8) is 0 Å². The van der Waals surface area contributed by atoms with Gasteiger partial charge in [0.1, 0.15) is 0 Å². The summed E-state index contributed by atoms with van der Waals surface area (Å²) in [7, 11) is -2.31. The lowest BCUT2D eigenvalue weighted by molar-refractivity contribution is 0.0697. The van der Waals surface area contributed by atoms with Crippen LogP contribution in [0.2, 0.25) is 0 Å². The van der Waals surface area contributed by atoms with Gasteiger partial charge in [-0.05, 0) is 18.2 Å². The molecule has 0 fully saturated rings. The third-order valence-corrected chi connectivity index (χ3v) is 4.03. The molecule has 0 atom stereocenters. The minimum Gasteiger partial charge on any atom is -0.478 e. The number of hydrogen-bond acceptors (Lipinski definition) is 5. The molecule has 0 amide bonds. The summed E-state index contributed by atoms with van der Waals surface area (Å²) < 4.78 is 31.1. The average molecular weight is 314 g/mol.